The van der Waals surface area contributed by atoms with Gasteiger partial charge in [0, 0.05) is 5.56 Å². The summed E-state index contributed by atoms with van der Waals surface area (Å²) < 4.78 is 16.8. The van der Waals surface area contributed by atoms with Gasteiger partial charge >= 0.3 is 5.97 Å². The Morgan fingerprint density at radius 1 is 1.13 bits per heavy atom. The molecule has 3 aromatic rings. The first-order chi connectivity index (χ1) is 15.1. The molecule has 0 radical (unpaired) electrons. The van der Waals surface area contributed by atoms with Crippen molar-refractivity contribution in [2.24, 2.45) is 11.8 Å². The van der Waals surface area contributed by atoms with Crippen LogP contribution in [-0.4, -0.2) is 18.1 Å². The molecule has 162 valence electrons. The summed E-state index contributed by atoms with van der Waals surface area (Å²) in [5.41, 5.74) is 2.97. The number of carbonyl (C=O) groups excluding carboxylic acids is 1. The Hall–Kier alpha value is -3.08. The van der Waals surface area contributed by atoms with Crippen LogP contribution in [0.5, 0.6) is 5.75 Å². The van der Waals surface area contributed by atoms with Crippen LogP contribution in [0.25, 0.3) is 11.5 Å². The molecule has 0 amide bonds. The van der Waals surface area contributed by atoms with Gasteiger partial charge < -0.3 is 13.9 Å². The molecule has 0 aliphatic heterocycles. The van der Waals surface area contributed by atoms with E-state index in [1.54, 1.807) is 0 Å². The molecule has 5 heteroatoms. The van der Waals surface area contributed by atoms with Gasteiger partial charge in [-0.25, -0.2) is 4.98 Å². The molecule has 1 aliphatic carbocycles. The summed E-state index contributed by atoms with van der Waals surface area (Å²) in [6.45, 7) is 2.27. The molecule has 0 saturated heterocycles. The summed E-state index contributed by atoms with van der Waals surface area (Å²) in [4.78, 5) is 16.6. The maximum atomic E-state index is 12.0. The minimum absolute atomic E-state index is 0.0541. The highest BCUT2D eigenvalue weighted by Crippen LogP contribution is 2.36. The zero-order valence-corrected chi connectivity index (χ0v) is 18.2. The SMILES string of the molecule is COC(=O)[C@@H]1CCC[C@H]1CCc1cccc(OCc2nc(-c3ccccc3)oc2C)c1. The lowest BCUT2D eigenvalue weighted by Crippen LogP contribution is -2.20. The summed E-state index contributed by atoms with van der Waals surface area (Å²) in [5, 5.41) is 0. The maximum absolute atomic E-state index is 12.0. The highest BCUT2D eigenvalue weighted by molar-refractivity contribution is 5.72. The number of esters is 1. The van der Waals surface area contributed by atoms with Gasteiger partial charge in [-0.2, -0.15) is 0 Å². The van der Waals surface area contributed by atoms with Gasteiger partial charge in [-0.3, -0.25) is 4.79 Å². The molecule has 0 spiro atoms. The van der Waals surface area contributed by atoms with Gasteiger partial charge in [0.2, 0.25) is 5.89 Å². The molecule has 0 bridgehead atoms. The second-order valence-electron chi connectivity index (χ2n) is 8.18. The number of hydrogen-bond acceptors (Lipinski definition) is 5. The van der Waals surface area contributed by atoms with Crippen molar-refractivity contribution >= 4 is 5.97 Å². The van der Waals surface area contributed by atoms with Crippen molar-refractivity contribution in [3.63, 3.8) is 0 Å². The van der Waals surface area contributed by atoms with Crippen LogP contribution in [0.2, 0.25) is 0 Å². The van der Waals surface area contributed by atoms with E-state index in [1.807, 2.05) is 49.4 Å². The Kier molecular flexibility index (Phi) is 6.70. The fourth-order valence-electron chi connectivity index (χ4n) is 4.40. The number of benzene rings is 2. The summed E-state index contributed by atoms with van der Waals surface area (Å²) in [6.07, 6.45) is 5.08. The third-order valence-electron chi connectivity index (χ3n) is 6.15. The van der Waals surface area contributed by atoms with E-state index in [9.17, 15) is 4.79 Å². The topological polar surface area (TPSA) is 61.6 Å². The van der Waals surface area contributed by atoms with Crippen molar-refractivity contribution in [3.8, 4) is 17.2 Å². The molecule has 4 rings (SSSR count). The first kappa shape index (κ1) is 21.2. The minimum atomic E-state index is -0.0579. The molecule has 1 fully saturated rings. The largest absolute Gasteiger partial charge is 0.487 e. The molecule has 1 aromatic heterocycles. The average Bonchev–Trinajstić information content (AvgIpc) is 3.43. The molecule has 5 nitrogen and oxygen atoms in total. The second kappa shape index (κ2) is 9.82. The summed E-state index contributed by atoms with van der Waals surface area (Å²) in [7, 11) is 1.48. The van der Waals surface area contributed by atoms with Crippen molar-refractivity contribution in [2.45, 2.75) is 45.6 Å². The summed E-state index contributed by atoms with van der Waals surface area (Å²) >= 11 is 0. The zero-order chi connectivity index (χ0) is 21.6. The zero-order valence-electron chi connectivity index (χ0n) is 18.2. The van der Waals surface area contributed by atoms with Crippen LogP contribution in [0, 0.1) is 18.8 Å². The number of aromatic nitrogens is 1. The van der Waals surface area contributed by atoms with Crippen molar-refractivity contribution in [1.29, 1.82) is 0 Å². The van der Waals surface area contributed by atoms with E-state index in [2.05, 4.69) is 17.1 Å². The molecule has 1 heterocycles. The summed E-state index contributed by atoms with van der Waals surface area (Å²) in [5.74, 6) is 2.60. The Balaban J connectivity index is 1.35. The fraction of sp³-hybridized carbons (Fsp3) is 0.385. The van der Waals surface area contributed by atoms with Gasteiger partial charge in [0.05, 0.1) is 13.0 Å². The normalized spacial score (nSPS) is 18.1. The first-order valence-electron chi connectivity index (χ1n) is 11.0. The monoisotopic (exact) mass is 419 g/mol. The van der Waals surface area contributed by atoms with E-state index in [1.165, 1.54) is 12.7 Å². The number of oxazole rings is 1. The molecule has 0 N–H and O–H groups in total. The van der Waals surface area contributed by atoms with Crippen LogP contribution in [0.1, 0.15) is 42.7 Å². The number of carbonyl (C=O) groups is 1. The number of nitrogens with zero attached hydrogens (tertiary/aromatic N) is 1. The number of methoxy groups -OCH3 is 1. The lowest BCUT2D eigenvalue weighted by atomic mass is 9.90. The predicted molar refractivity (Wildman–Crippen MR) is 119 cm³/mol. The Morgan fingerprint density at radius 2 is 1.97 bits per heavy atom. The lowest BCUT2D eigenvalue weighted by molar-refractivity contribution is -0.146. The Morgan fingerprint density at radius 3 is 2.77 bits per heavy atom. The van der Waals surface area contributed by atoms with Gasteiger partial charge in [-0.1, -0.05) is 36.8 Å². The van der Waals surface area contributed by atoms with Gasteiger partial charge in [-0.05, 0) is 68.4 Å². The lowest BCUT2D eigenvalue weighted by Gasteiger charge is -2.17. The van der Waals surface area contributed by atoms with E-state index in [4.69, 9.17) is 13.9 Å². The second-order valence-corrected chi connectivity index (χ2v) is 8.18. The standard InChI is InChI=1S/C26H29NO4/c1-18-24(27-25(31-18)21-9-4-3-5-10-21)17-30-22-12-6-8-19(16-22)14-15-20-11-7-13-23(20)26(28)29-2/h3-6,8-10,12,16,20,23H,7,11,13-15,17H2,1-2H3/t20-,23+/m0/s1. The quantitative estimate of drug-likeness (QED) is 0.435. The number of aryl methyl sites for hydroxylation is 2. The Labute approximate surface area is 183 Å². The third-order valence-corrected chi connectivity index (χ3v) is 6.15. The van der Waals surface area contributed by atoms with Crippen molar-refractivity contribution in [3.05, 3.63) is 71.6 Å². The minimum Gasteiger partial charge on any atom is -0.487 e. The van der Waals surface area contributed by atoms with Crippen LogP contribution >= 0.6 is 0 Å². The first-order valence-corrected chi connectivity index (χ1v) is 11.0. The van der Waals surface area contributed by atoms with E-state index >= 15 is 0 Å². The van der Waals surface area contributed by atoms with Crippen molar-refractivity contribution in [1.82, 2.24) is 4.98 Å². The highest BCUT2D eigenvalue weighted by Gasteiger charge is 2.33. The van der Waals surface area contributed by atoms with Gasteiger partial charge in [0.15, 0.2) is 0 Å². The molecular weight excluding hydrogens is 390 g/mol. The van der Waals surface area contributed by atoms with Crippen LogP contribution in [0.15, 0.2) is 59.0 Å². The number of ether oxygens (including phenoxy) is 2. The molecule has 1 saturated carbocycles. The maximum Gasteiger partial charge on any atom is 0.308 e. The van der Waals surface area contributed by atoms with E-state index in [-0.39, 0.29) is 11.9 Å². The van der Waals surface area contributed by atoms with E-state index in [0.717, 1.165) is 54.9 Å². The molecule has 2 atom stereocenters. The Bertz CT molecular complexity index is 1010. The number of rotatable bonds is 8. The van der Waals surface area contributed by atoms with Crippen LogP contribution < -0.4 is 4.74 Å². The number of hydrogen-bond donors (Lipinski definition) is 0. The highest BCUT2D eigenvalue weighted by atomic mass is 16.5. The van der Waals surface area contributed by atoms with Gasteiger partial charge in [0.25, 0.3) is 0 Å². The van der Waals surface area contributed by atoms with Crippen molar-refractivity contribution < 1.29 is 18.7 Å². The van der Waals surface area contributed by atoms with Crippen LogP contribution in [0.3, 0.4) is 0 Å². The molecule has 1 aliphatic rings. The fourth-order valence-corrected chi connectivity index (χ4v) is 4.40. The molecule has 2 aromatic carbocycles. The van der Waals surface area contributed by atoms with Crippen LogP contribution in [-0.2, 0) is 22.6 Å². The molecular formula is C26H29NO4. The summed E-state index contributed by atoms with van der Waals surface area (Å²) in [6, 6.07) is 18.0. The van der Waals surface area contributed by atoms with E-state index < -0.39 is 0 Å². The van der Waals surface area contributed by atoms with Crippen LogP contribution in [0.4, 0.5) is 0 Å². The molecule has 31 heavy (non-hydrogen) atoms. The van der Waals surface area contributed by atoms with Gasteiger partial charge in [0.1, 0.15) is 23.8 Å². The smallest absolute Gasteiger partial charge is 0.308 e. The molecule has 0 unspecified atom stereocenters. The third kappa shape index (κ3) is 5.16. The predicted octanol–water partition coefficient (Wildman–Crippen LogP) is 5.75. The van der Waals surface area contributed by atoms with E-state index in [0.29, 0.717) is 18.4 Å². The van der Waals surface area contributed by atoms with Gasteiger partial charge in [-0.15, -0.1) is 0 Å². The van der Waals surface area contributed by atoms with Crippen molar-refractivity contribution in [2.75, 3.05) is 7.11 Å². The average molecular weight is 420 g/mol.